The van der Waals surface area contributed by atoms with Crippen molar-refractivity contribution in [1.29, 1.82) is 0 Å². The predicted molar refractivity (Wildman–Crippen MR) is 111 cm³/mol. The highest BCUT2D eigenvalue weighted by Crippen LogP contribution is 2.41. The molecule has 0 unspecified atom stereocenters. The maximum absolute atomic E-state index is 15.5. The molecule has 0 amide bonds. The summed E-state index contributed by atoms with van der Waals surface area (Å²) >= 11 is 0. The number of nitrogens with zero attached hydrogens (tertiary/aromatic N) is 5. The van der Waals surface area contributed by atoms with Crippen LogP contribution in [0, 0.1) is 5.82 Å². The average Bonchev–Trinajstić information content (AvgIpc) is 3.66. The Bertz CT molecular complexity index is 943. The minimum Gasteiger partial charge on any atom is -0.377 e. The Morgan fingerprint density at radius 2 is 1.83 bits per heavy atom. The van der Waals surface area contributed by atoms with Crippen LogP contribution in [0.5, 0.6) is 0 Å². The molecule has 6 rings (SSSR count). The summed E-state index contributed by atoms with van der Waals surface area (Å²) in [4.78, 5) is 13.7. The second kappa shape index (κ2) is 6.88. The number of hydrogen-bond donors (Lipinski definition) is 2. The molecule has 2 aromatic rings. The fraction of sp³-hybridized carbons (Fsp3) is 0.667. The SMILES string of the molecule is CC1(N2CCN(c3nc(C4CC4)nc(Nc4cc(C5CC5)[nH]n4)c3F)CC2)COC1. The molecule has 4 fully saturated rings. The molecule has 2 aromatic heterocycles. The molecule has 30 heavy (non-hydrogen) atoms. The van der Waals surface area contributed by atoms with Gasteiger partial charge in [-0.2, -0.15) is 9.49 Å². The van der Waals surface area contributed by atoms with Gasteiger partial charge in [0.15, 0.2) is 17.5 Å². The molecule has 2 saturated carbocycles. The van der Waals surface area contributed by atoms with Crippen molar-refractivity contribution < 1.29 is 9.13 Å². The van der Waals surface area contributed by atoms with Gasteiger partial charge in [-0.05, 0) is 32.6 Å². The molecular formula is C21H28FN7O. The van der Waals surface area contributed by atoms with Crippen molar-refractivity contribution in [3.8, 4) is 0 Å². The van der Waals surface area contributed by atoms with E-state index in [2.05, 4.69) is 42.2 Å². The van der Waals surface area contributed by atoms with Gasteiger partial charge in [0, 0.05) is 49.8 Å². The summed E-state index contributed by atoms with van der Waals surface area (Å²) in [6, 6.07) is 1.97. The molecule has 4 heterocycles. The van der Waals surface area contributed by atoms with Gasteiger partial charge in [0.1, 0.15) is 5.82 Å². The lowest BCUT2D eigenvalue weighted by Gasteiger charge is -2.50. The Kier molecular flexibility index (Phi) is 4.24. The van der Waals surface area contributed by atoms with Crippen LogP contribution in [-0.4, -0.2) is 70.0 Å². The summed E-state index contributed by atoms with van der Waals surface area (Å²) in [5.41, 5.74) is 1.24. The van der Waals surface area contributed by atoms with Gasteiger partial charge in [0.05, 0.1) is 18.8 Å². The summed E-state index contributed by atoms with van der Waals surface area (Å²) < 4.78 is 20.9. The molecule has 0 bridgehead atoms. The molecule has 2 N–H and O–H groups in total. The average molecular weight is 414 g/mol. The summed E-state index contributed by atoms with van der Waals surface area (Å²) in [5.74, 6) is 2.54. The second-order valence-electron chi connectivity index (χ2n) is 9.41. The van der Waals surface area contributed by atoms with Crippen molar-refractivity contribution in [1.82, 2.24) is 25.1 Å². The van der Waals surface area contributed by atoms with Crippen LogP contribution in [0.15, 0.2) is 6.07 Å². The normalized spacial score (nSPS) is 24.0. The number of anilines is 3. The molecule has 0 aromatic carbocycles. The number of halogens is 1. The maximum Gasteiger partial charge on any atom is 0.208 e. The summed E-state index contributed by atoms with van der Waals surface area (Å²) in [6.45, 7) is 7.07. The van der Waals surface area contributed by atoms with Gasteiger partial charge in [-0.15, -0.1) is 0 Å². The molecule has 160 valence electrons. The number of nitrogens with one attached hydrogen (secondary N) is 2. The van der Waals surface area contributed by atoms with Gasteiger partial charge in [-0.1, -0.05) is 0 Å². The number of rotatable bonds is 6. The monoisotopic (exact) mass is 413 g/mol. The maximum atomic E-state index is 15.5. The number of aromatic amines is 1. The van der Waals surface area contributed by atoms with Crippen LogP contribution in [-0.2, 0) is 4.74 Å². The zero-order valence-corrected chi connectivity index (χ0v) is 17.3. The molecule has 2 aliphatic carbocycles. The Morgan fingerprint density at radius 3 is 2.47 bits per heavy atom. The van der Waals surface area contributed by atoms with Crippen LogP contribution in [0.1, 0.15) is 56.0 Å². The molecule has 0 atom stereocenters. The van der Waals surface area contributed by atoms with E-state index in [9.17, 15) is 0 Å². The highest BCUT2D eigenvalue weighted by molar-refractivity contribution is 5.59. The van der Waals surface area contributed by atoms with Crippen LogP contribution in [0.25, 0.3) is 0 Å². The molecule has 2 saturated heterocycles. The smallest absolute Gasteiger partial charge is 0.208 e. The summed E-state index contributed by atoms with van der Waals surface area (Å²) in [7, 11) is 0. The minimum absolute atomic E-state index is 0.126. The van der Waals surface area contributed by atoms with E-state index in [-0.39, 0.29) is 17.2 Å². The highest BCUT2D eigenvalue weighted by atomic mass is 19.1. The van der Waals surface area contributed by atoms with Crippen molar-refractivity contribution in [3.05, 3.63) is 23.4 Å². The first kappa shape index (κ1) is 18.5. The third-order valence-corrected chi connectivity index (χ3v) is 6.82. The number of ether oxygens (including phenoxy) is 1. The molecule has 2 aliphatic heterocycles. The predicted octanol–water partition coefficient (Wildman–Crippen LogP) is 2.75. The second-order valence-corrected chi connectivity index (χ2v) is 9.41. The Labute approximate surface area is 175 Å². The van der Waals surface area contributed by atoms with Crippen molar-refractivity contribution in [2.75, 3.05) is 49.6 Å². The standard InChI is InChI=1S/C21H28FN7O/c1-21(11-30-12-21)29-8-6-28(7-9-29)20-17(22)19(24-18(25-20)14-4-5-14)23-16-10-15(26-27-16)13-2-3-13/h10,13-14H,2-9,11-12H2,1H3,(H2,23,24,25,26,27). The van der Waals surface area contributed by atoms with Crippen LogP contribution in [0.3, 0.4) is 0 Å². The van der Waals surface area contributed by atoms with Gasteiger partial charge in [-0.3, -0.25) is 10.00 Å². The fourth-order valence-corrected chi connectivity index (χ4v) is 4.43. The summed E-state index contributed by atoms with van der Waals surface area (Å²) in [5, 5.41) is 10.5. The van der Waals surface area contributed by atoms with Gasteiger partial charge < -0.3 is 15.0 Å². The van der Waals surface area contributed by atoms with Gasteiger partial charge in [0.2, 0.25) is 5.82 Å². The van der Waals surface area contributed by atoms with Crippen molar-refractivity contribution >= 4 is 17.5 Å². The van der Waals surface area contributed by atoms with Crippen LogP contribution in [0.4, 0.5) is 21.8 Å². The van der Waals surface area contributed by atoms with E-state index in [0.29, 0.717) is 23.5 Å². The van der Waals surface area contributed by atoms with E-state index in [0.717, 1.165) is 63.8 Å². The molecule has 8 nitrogen and oxygen atoms in total. The molecular weight excluding hydrogens is 385 g/mol. The highest BCUT2D eigenvalue weighted by Gasteiger charge is 2.41. The third-order valence-electron chi connectivity index (χ3n) is 6.82. The lowest BCUT2D eigenvalue weighted by atomic mass is 9.97. The van der Waals surface area contributed by atoms with E-state index in [1.165, 1.54) is 12.8 Å². The number of hydrogen-bond acceptors (Lipinski definition) is 7. The molecule has 9 heteroatoms. The van der Waals surface area contributed by atoms with Crippen molar-refractivity contribution in [3.63, 3.8) is 0 Å². The van der Waals surface area contributed by atoms with E-state index < -0.39 is 0 Å². The zero-order valence-electron chi connectivity index (χ0n) is 17.3. The Hall–Kier alpha value is -2.26. The lowest BCUT2D eigenvalue weighted by Crippen LogP contribution is -2.64. The minimum atomic E-state index is -0.387. The fourth-order valence-electron chi connectivity index (χ4n) is 4.43. The third kappa shape index (κ3) is 3.33. The first-order valence-electron chi connectivity index (χ1n) is 11.1. The number of piperazine rings is 1. The topological polar surface area (TPSA) is 82.2 Å². The first-order chi connectivity index (χ1) is 14.6. The number of H-pyrrole nitrogens is 1. The van der Waals surface area contributed by atoms with E-state index in [4.69, 9.17) is 4.74 Å². The molecule has 0 spiro atoms. The lowest BCUT2D eigenvalue weighted by molar-refractivity contribution is -0.131. The van der Waals surface area contributed by atoms with Crippen molar-refractivity contribution in [2.24, 2.45) is 0 Å². The van der Waals surface area contributed by atoms with Gasteiger partial charge >= 0.3 is 0 Å². The van der Waals surface area contributed by atoms with Crippen LogP contribution in [0.2, 0.25) is 0 Å². The Balaban J connectivity index is 1.24. The van der Waals surface area contributed by atoms with Crippen molar-refractivity contribution in [2.45, 2.75) is 50.0 Å². The van der Waals surface area contributed by atoms with Gasteiger partial charge in [0.25, 0.3) is 0 Å². The van der Waals surface area contributed by atoms with E-state index >= 15 is 4.39 Å². The quantitative estimate of drug-likeness (QED) is 0.754. The Morgan fingerprint density at radius 1 is 1.10 bits per heavy atom. The van der Waals surface area contributed by atoms with Crippen LogP contribution >= 0.6 is 0 Å². The number of aromatic nitrogens is 4. The first-order valence-corrected chi connectivity index (χ1v) is 11.1. The van der Waals surface area contributed by atoms with E-state index in [1.54, 1.807) is 0 Å². The van der Waals surface area contributed by atoms with Gasteiger partial charge in [-0.25, -0.2) is 9.97 Å². The van der Waals surface area contributed by atoms with E-state index in [1.807, 2.05) is 6.07 Å². The molecule has 4 aliphatic rings. The zero-order chi connectivity index (χ0) is 20.3. The largest absolute Gasteiger partial charge is 0.377 e. The molecule has 0 radical (unpaired) electrons. The van der Waals surface area contributed by atoms with Crippen LogP contribution < -0.4 is 10.2 Å². The summed E-state index contributed by atoms with van der Waals surface area (Å²) in [6.07, 6.45) is 4.53.